The van der Waals surface area contributed by atoms with Gasteiger partial charge in [-0.15, -0.1) is 0 Å². The van der Waals surface area contributed by atoms with Gasteiger partial charge in [-0.2, -0.15) is 0 Å². The molecule has 0 aromatic rings. The van der Waals surface area contributed by atoms with Crippen molar-refractivity contribution in [3.05, 3.63) is 12.2 Å². The molecule has 0 aromatic carbocycles. The minimum absolute atomic E-state index is 0.300. The number of rotatable bonds is 8. The van der Waals surface area contributed by atoms with Gasteiger partial charge in [-0.1, -0.05) is 38.7 Å². The largest absolute Gasteiger partial charge is 0.389 e. The zero-order valence-electron chi connectivity index (χ0n) is 11.8. The molecule has 1 rings (SSSR count). The standard InChI is InChI=1S/C15H25NO3/c1-2-3-4-5-6-7-8-11-14(17)19-15(18)13-10-9-12-16-13/h8,11,13,16H,2-7,9-10,12H2,1H3/b11-8+/t13-/m0/s1. The SMILES string of the molecule is CCCCCCC/C=C/C(=O)OC(=O)[C@@H]1CCCN1. The Balaban J connectivity index is 2.07. The maximum Gasteiger partial charge on any atom is 0.338 e. The Morgan fingerprint density at radius 1 is 1.26 bits per heavy atom. The summed E-state index contributed by atoms with van der Waals surface area (Å²) in [5.41, 5.74) is 0. The fourth-order valence-corrected chi connectivity index (χ4v) is 2.14. The molecule has 1 atom stereocenters. The zero-order chi connectivity index (χ0) is 13.9. The van der Waals surface area contributed by atoms with Gasteiger partial charge in [0.25, 0.3) is 0 Å². The number of ether oxygens (including phenoxy) is 1. The Morgan fingerprint density at radius 2 is 2.05 bits per heavy atom. The Hall–Kier alpha value is -1.16. The van der Waals surface area contributed by atoms with Crippen LogP contribution in [0.25, 0.3) is 0 Å². The Bertz CT molecular complexity index is 307. The lowest BCUT2D eigenvalue weighted by Gasteiger charge is -2.06. The molecule has 0 aliphatic carbocycles. The second kappa shape index (κ2) is 9.73. The van der Waals surface area contributed by atoms with Gasteiger partial charge >= 0.3 is 11.9 Å². The number of carbonyl (C=O) groups excluding carboxylic acids is 2. The minimum Gasteiger partial charge on any atom is -0.389 e. The summed E-state index contributed by atoms with van der Waals surface area (Å²) < 4.78 is 4.75. The Morgan fingerprint density at radius 3 is 2.74 bits per heavy atom. The van der Waals surface area contributed by atoms with E-state index in [-0.39, 0.29) is 6.04 Å². The highest BCUT2D eigenvalue weighted by atomic mass is 16.6. The highest BCUT2D eigenvalue weighted by Crippen LogP contribution is 2.07. The highest BCUT2D eigenvalue weighted by molar-refractivity contribution is 5.93. The van der Waals surface area contributed by atoms with Crippen molar-refractivity contribution in [2.45, 2.75) is 64.3 Å². The van der Waals surface area contributed by atoms with Gasteiger partial charge in [0, 0.05) is 6.08 Å². The van der Waals surface area contributed by atoms with E-state index < -0.39 is 11.9 Å². The lowest BCUT2D eigenvalue weighted by molar-refractivity contribution is -0.157. The molecule has 0 amide bonds. The number of hydrogen-bond donors (Lipinski definition) is 1. The van der Waals surface area contributed by atoms with Crippen LogP contribution in [-0.4, -0.2) is 24.5 Å². The van der Waals surface area contributed by atoms with Gasteiger partial charge in [0.1, 0.15) is 6.04 Å². The molecule has 1 aliphatic rings. The second-order valence-electron chi connectivity index (χ2n) is 4.99. The summed E-state index contributed by atoms with van der Waals surface area (Å²) in [6.45, 7) is 3.01. The average molecular weight is 267 g/mol. The number of carbonyl (C=O) groups is 2. The van der Waals surface area contributed by atoms with Gasteiger partial charge in [0.15, 0.2) is 0 Å². The van der Waals surface area contributed by atoms with Crippen molar-refractivity contribution in [3.8, 4) is 0 Å². The van der Waals surface area contributed by atoms with Crippen LogP contribution in [-0.2, 0) is 14.3 Å². The fraction of sp³-hybridized carbons (Fsp3) is 0.733. The molecule has 0 aromatic heterocycles. The maximum atomic E-state index is 11.5. The molecule has 1 heterocycles. The molecule has 4 nitrogen and oxygen atoms in total. The molecule has 108 valence electrons. The van der Waals surface area contributed by atoms with E-state index in [1.165, 1.54) is 31.8 Å². The van der Waals surface area contributed by atoms with Crippen LogP contribution in [0.15, 0.2) is 12.2 Å². The van der Waals surface area contributed by atoms with Crippen molar-refractivity contribution < 1.29 is 14.3 Å². The van der Waals surface area contributed by atoms with Gasteiger partial charge in [-0.3, -0.25) is 0 Å². The first-order chi connectivity index (χ1) is 9.24. The van der Waals surface area contributed by atoms with Crippen LogP contribution < -0.4 is 5.32 Å². The van der Waals surface area contributed by atoms with Gasteiger partial charge < -0.3 is 10.1 Å². The predicted molar refractivity (Wildman–Crippen MR) is 74.6 cm³/mol. The molecule has 0 saturated carbocycles. The monoisotopic (exact) mass is 267 g/mol. The van der Waals surface area contributed by atoms with Crippen molar-refractivity contribution in [2.75, 3.05) is 6.54 Å². The predicted octanol–water partition coefficient (Wildman–Crippen LogP) is 2.72. The molecule has 19 heavy (non-hydrogen) atoms. The van der Waals surface area contributed by atoms with Gasteiger partial charge in [0.2, 0.25) is 0 Å². The average Bonchev–Trinajstić information content (AvgIpc) is 2.91. The Labute approximate surface area is 115 Å². The van der Waals surface area contributed by atoms with Crippen LogP contribution >= 0.6 is 0 Å². The second-order valence-corrected chi connectivity index (χ2v) is 4.99. The molecule has 1 saturated heterocycles. The number of allylic oxidation sites excluding steroid dienone is 1. The van der Waals surface area contributed by atoms with Gasteiger partial charge in [-0.05, 0) is 32.2 Å². The van der Waals surface area contributed by atoms with Crippen LogP contribution in [0.2, 0.25) is 0 Å². The van der Waals surface area contributed by atoms with E-state index >= 15 is 0 Å². The molecule has 0 radical (unpaired) electrons. The van der Waals surface area contributed by atoms with Crippen molar-refractivity contribution in [1.29, 1.82) is 0 Å². The molecule has 4 heteroatoms. The van der Waals surface area contributed by atoms with E-state index in [9.17, 15) is 9.59 Å². The topological polar surface area (TPSA) is 55.4 Å². The van der Waals surface area contributed by atoms with E-state index in [0.717, 1.165) is 32.2 Å². The number of esters is 2. The molecule has 0 unspecified atom stereocenters. The van der Waals surface area contributed by atoms with Crippen molar-refractivity contribution in [1.82, 2.24) is 5.32 Å². The minimum atomic E-state index is -0.549. The Kier molecular flexibility index (Phi) is 8.14. The summed E-state index contributed by atoms with van der Waals surface area (Å²) in [7, 11) is 0. The van der Waals surface area contributed by atoms with Crippen LogP contribution in [0.4, 0.5) is 0 Å². The summed E-state index contributed by atoms with van der Waals surface area (Å²) in [4.78, 5) is 22.9. The number of unbranched alkanes of at least 4 members (excludes halogenated alkanes) is 5. The normalized spacial score (nSPS) is 18.9. The third kappa shape index (κ3) is 7.11. The molecule has 1 N–H and O–H groups in total. The molecule has 0 spiro atoms. The highest BCUT2D eigenvalue weighted by Gasteiger charge is 2.24. The third-order valence-electron chi connectivity index (χ3n) is 3.27. The summed E-state index contributed by atoms with van der Waals surface area (Å²) >= 11 is 0. The van der Waals surface area contributed by atoms with E-state index in [1.807, 2.05) is 0 Å². The van der Waals surface area contributed by atoms with E-state index in [0.29, 0.717) is 0 Å². The van der Waals surface area contributed by atoms with Crippen LogP contribution in [0.3, 0.4) is 0 Å². The number of hydrogen-bond acceptors (Lipinski definition) is 4. The van der Waals surface area contributed by atoms with E-state index in [1.54, 1.807) is 6.08 Å². The first-order valence-corrected chi connectivity index (χ1v) is 7.39. The molecular formula is C15H25NO3. The fourth-order valence-electron chi connectivity index (χ4n) is 2.14. The van der Waals surface area contributed by atoms with Crippen molar-refractivity contribution in [3.63, 3.8) is 0 Å². The van der Waals surface area contributed by atoms with Crippen LogP contribution in [0.5, 0.6) is 0 Å². The maximum absolute atomic E-state index is 11.5. The lowest BCUT2D eigenvalue weighted by Crippen LogP contribution is -2.33. The summed E-state index contributed by atoms with van der Waals surface area (Å²) in [5, 5.41) is 3.01. The number of nitrogens with one attached hydrogen (secondary N) is 1. The van der Waals surface area contributed by atoms with Crippen molar-refractivity contribution in [2.24, 2.45) is 0 Å². The summed E-state index contributed by atoms with van der Waals surface area (Å²) in [6.07, 6.45) is 11.8. The summed E-state index contributed by atoms with van der Waals surface area (Å²) in [5.74, 6) is -0.998. The first kappa shape index (κ1) is 15.9. The third-order valence-corrected chi connectivity index (χ3v) is 3.27. The van der Waals surface area contributed by atoms with Gasteiger partial charge in [-0.25, -0.2) is 9.59 Å². The van der Waals surface area contributed by atoms with Crippen molar-refractivity contribution >= 4 is 11.9 Å². The van der Waals surface area contributed by atoms with Crippen LogP contribution in [0.1, 0.15) is 58.3 Å². The quantitative estimate of drug-likeness (QED) is 0.318. The summed E-state index contributed by atoms with van der Waals surface area (Å²) in [6, 6.07) is -0.300. The van der Waals surface area contributed by atoms with Crippen LogP contribution in [0, 0.1) is 0 Å². The van der Waals surface area contributed by atoms with E-state index in [2.05, 4.69) is 12.2 Å². The lowest BCUT2D eigenvalue weighted by atomic mass is 10.1. The zero-order valence-corrected chi connectivity index (χ0v) is 11.8. The molecule has 0 bridgehead atoms. The molecule has 1 fully saturated rings. The molecule has 1 aliphatic heterocycles. The first-order valence-electron chi connectivity index (χ1n) is 7.39. The van der Waals surface area contributed by atoms with E-state index in [4.69, 9.17) is 4.74 Å². The van der Waals surface area contributed by atoms with Gasteiger partial charge in [0.05, 0.1) is 0 Å². The molecular weight excluding hydrogens is 242 g/mol. The smallest absolute Gasteiger partial charge is 0.338 e.